The minimum absolute atomic E-state index is 0. The lowest BCUT2D eigenvalue weighted by Crippen LogP contribution is -2.17. The average Bonchev–Trinajstić information content (AvgIpc) is 2.30. The predicted octanol–water partition coefficient (Wildman–Crippen LogP) is 2.07. The maximum absolute atomic E-state index is 11.1. The van der Waals surface area contributed by atoms with E-state index in [1.807, 2.05) is 31.2 Å². The molecular weight excluding hydrogens is 242 g/mol. The molecule has 0 bridgehead atoms. The highest BCUT2D eigenvalue weighted by molar-refractivity contribution is 5.85. The molecule has 4 nitrogen and oxygen atoms in total. The summed E-state index contributed by atoms with van der Waals surface area (Å²) in [7, 11) is 1.35. The zero-order valence-corrected chi connectivity index (χ0v) is 10.8. The largest absolute Gasteiger partial charge is 0.494 e. The summed E-state index contributed by atoms with van der Waals surface area (Å²) in [6.45, 7) is 2.48. The van der Waals surface area contributed by atoms with Crippen molar-refractivity contribution in [2.24, 2.45) is 5.73 Å². The highest BCUT2D eigenvalue weighted by atomic mass is 35.5. The van der Waals surface area contributed by atoms with E-state index in [-0.39, 0.29) is 24.8 Å². The van der Waals surface area contributed by atoms with Crippen LogP contribution in [0.15, 0.2) is 24.3 Å². The van der Waals surface area contributed by atoms with Crippen LogP contribution in [0.5, 0.6) is 5.75 Å². The molecule has 0 spiro atoms. The molecule has 0 aromatic heterocycles. The molecule has 0 heterocycles. The molecule has 1 atom stereocenters. The fraction of sp³-hybridized carbons (Fsp3) is 0.417. The Labute approximate surface area is 108 Å². The Bertz CT molecular complexity index is 357. The van der Waals surface area contributed by atoms with E-state index in [0.717, 1.165) is 11.3 Å². The normalized spacial score (nSPS) is 11.2. The first kappa shape index (κ1) is 15.7. The van der Waals surface area contributed by atoms with Crippen molar-refractivity contribution >= 4 is 18.4 Å². The number of hydrogen-bond donors (Lipinski definition) is 1. The summed E-state index contributed by atoms with van der Waals surface area (Å²) in [4.78, 5) is 11.1. The van der Waals surface area contributed by atoms with Gasteiger partial charge in [0.05, 0.1) is 20.1 Å². The molecular formula is C12H18ClNO3. The van der Waals surface area contributed by atoms with Crippen LogP contribution in [0.4, 0.5) is 0 Å². The van der Waals surface area contributed by atoms with Gasteiger partial charge in [0.1, 0.15) is 5.75 Å². The maximum atomic E-state index is 11.1. The van der Waals surface area contributed by atoms with E-state index in [0.29, 0.717) is 6.61 Å². The van der Waals surface area contributed by atoms with Crippen molar-refractivity contribution in [3.8, 4) is 5.75 Å². The van der Waals surface area contributed by atoms with Gasteiger partial charge >= 0.3 is 5.97 Å². The minimum atomic E-state index is -0.393. The molecule has 5 heteroatoms. The van der Waals surface area contributed by atoms with Crippen LogP contribution in [-0.2, 0) is 9.53 Å². The number of carbonyl (C=O) groups excluding carboxylic acids is 1. The van der Waals surface area contributed by atoms with Gasteiger partial charge in [0, 0.05) is 11.6 Å². The van der Waals surface area contributed by atoms with Gasteiger partial charge in [-0.2, -0.15) is 0 Å². The quantitative estimate of drug-likeness (QED) is 0.823. The third kappa shape index (κ3) is 4.63. The fourth-order valence-electron chi connectivity index (χ4n) is 1.45. The van der Waals surface area contributed by atoms with E-state index in [9.17, 15) is 4.79 Å². The number of methoxy groups -OCH3 is 1. The summed E-state index contributed by atoms with van der Waals surface area (Å²) in [6, 6.07) is 7.05. The van der Waals surface area contributed by atoms with Gasteiger partial charge in [-0.3, -0.25) is 4.79 Å². The van der Waals surface area contributed by atoms with Crippen LogP contribution in [0.2, 0.25) is 0 Å². The van der Waals surface area contributed by atoms with Crippen LogP contribution in [0.1, 0.15) is 24.9 Å². The van der Waals surface area contributed by atoms with E-state index in [4.69, 9.17) is 10.5 Å². The number of rotatable bonds is 5. The first-order valence-corrected chi connectivity index (χ1v) is 5.23. The van der Waals surface area contributed by atoms with Gasteiger partial charge < -0.3 is 15.2 Å². The number of esters is 1. The maximum Gasteiger partial charge on any atom is 0.307 e. The van der Waals surface area contributed by atoms with E-state index < -0.39 is 6.04 Å². The lowest BCUT2D eigenvalue weighted by atomic mass is 10.0. The van der Waals surface area contributed by atoms with Crippen LogP contribution in [0.25, 0.3) is 0 Å². The SMILES string of the molecule is CCOc1ccccc1[C@@H](N)CC(=O)OC.Cl. The molecule has 0 aliphatic rings. The summed E-state index contributed by atoms with van der Waals surface area (Å²) in [5, 5.41) is 0. The van der Waals surface area contributed by atoms with Gasteiger partial charge in [-0.25, -0.2) is 0 Å². The molecule has 0 aliphatic heterocycles. The molecule has 0 amide bonds. The van der Waals surface area contributed by atoms with Crippen LogP contribution in [-0.4, -0.2) is 19.7 Å². The second kappa shape index (κ2) is 7.92. The lowest BCUT2D eigenvalue weighted by Gasteiger charge is -2.15. The van der Waals surface area contributed by atoms with Crippen LogP contribution in [0.3, 0.4) is 0 Å². The third-order valence-corrected chi connectivity index (χ3v) is 2.23. The Morgan fingerprint density at radius 3 is 2.65 bits per heavy atom. The Morgan fingerprint density at radius 1 is 1.41 bits per heavy atom. The van der Waals surface area contributed by atoms with Gasteiger partial charge in [0.2, 0.25) is 0 Å². The Balaban J connectivity index is 0.00000256. The summed E-state index contributed by atoms with van der Waals surface area (Å²) < 4.78 is 10.0. The number of nitrogens with two attached hydrogens (primary N) is 1. The molecule has 0 radical (unpaired) electrons. The van der Waals surface area contributed by atoms with Crippen molar-refractivity contribution in [2.45, 2.75) is 19.4 Å². The van der Waals surface area contributed by atoms with Gasteiger partial charge in [-0.1, -0.05) is 18.2 Å². The van der Waals surface area contributed by atoms with Crippen molar-refractivity contribution in [2.75, 3.05) is 13.7 Å². The number of halogens is 1. The molecule has 2 N–H and O–H groups in total. The number of para-hydroxylation sites is 1. The first-order valence-electron chi connectivity index (χ1n) is 5.23. The van der Waals surface area contributed by atoms with E-state index in [2.05, 4.69) is 4.74 Å². The Morgan fingerprint density at radius 2 is 2.06 bits per heavy atom. The second-order valence-electron chi connectivity index (χ2n) is 3.36. The molecule has 0 saturated heterocycles. The summed E-state index contributed by atoms with van der Waals surface area (Å²) in [6.07, 6.45) is 0.153. The van der Waals surface area contributed by atoms with Crippen LogP contribution >= 0.6 is 12.4 Å². The third-order valence-electron chi connectivity index (χ3n) is 2.23. The lowest BCUT2D eigenvalue weighted by molar-refractivity contribution is -0.141. The standard InChI is InChI=1S/C12H17NO3.ClH/c1-3-16-11-7-5-4-6-9(11)10(13)8-12(14)15-2;/h4-7,10H,3,8,13H2,1-2H3;1H/t10-;/m0./s1. The van der Waals surface area contributed by atoms with E-state index >= 15 is 0 Å². The number of hydrogen-bond acceptors (Lipinski definition) is 4. The zero-order chi connectivity index (χ0) is 12.0. The molecule has 96 valence electrons. The van der Waals surface area contributed by atoms with E-state index in [1.54, 1.807) is 0 Å². The topological polar surface area (TPSA) is 61.5 Å². The Kier molecular flexibility index (Phi) is 7.34. The van der Waals surface area contributed by atoms with Crippen molar-refractivity contribution in [3.05, 3.63) is 29.8 Å². The summed E-state index contributed by atoms with van der Waals surface area (Å²) in [5.41, 5.74) is 6.75. The number of benzene rings is 1. The number of carbonyl (C=O) groups is 1. The van der Waals surface area contributed by atoms with Crippen molar-refractivity contribution in [1.82, 2.24) is 0 Å². The molecule has 17 heavy (non-hydrogen) atoms. The van der Waals surface area contributed by atoms with Crippen molar-refractivity contribution in [3.63, 3.8) is 0 Å². The zero-order valence-electron chi connectivity index (χ0n) is 10.0. The average molecular weight is 260 g/mol. The first-order chi connectivity index (χ1) is 7.69. The predicted molar refractivity (Wildman–Crippen MR) is 68.4 cm³/mol. The molecule has 1 aromatic carbocycles. The molecule has 0 fully saturated rings. The van der Waals surface area contributed by atoms with Crippen LogP contribution in [0, 0.1) is 0 Å². The highest BCUT2D eigenvalue weighted by Gasteiger charge is 2.15. The smallest absolute Gasteiger partial charge is 0.307 e. The highest BCUT2D eigenvalue weighted by Crippen LogP contribution is 2.25. The summed E-state index contributed by atoms with van der Waals surface area (Å²) >= 11 is 0. The minimum Gasteiger partial charge on any atom is -0.494 e. The van der Waals surface area contributed by atoms with Gasteiger partial charge in [-0.05, 0) is 13.0 Å². The van der Waals surface area contributed by atoms with E-state index in [1.165, 1.54) is 7.11 Å². The molecule has 0 unspecified atom stereocenters. The van der Waals surface area contributed by atoms with Gasteiger partial charge in [0.25, 0.3) is 0 Å². The Hall–Kier alpha value is -1.26. The van der Waals surface area contributed by atoms with Crippen LogP contribution < -0.4 is 10.5 Å². The van der Waals surface area contributed by atoms with Crippen molar-refractivity contribution in [1.29, 1.82) is 0 Å². The van der Waals surface area contributed by atoms with Gasteiger partial charge in [-0.15, -0.1) is 12.4 Å². The molecule has 1 rings (SSSR count). The fourth-order valence-corrected chi connectivity index (χ4v) is 1.45. The summed E-state index contributed by atoms with van der Waals surface area (Å²) in [5.74, 6) is 0.403. The second-order valence-corrected chi connectivity index (χ2v) is 3.36. The number of ether oxygens (including phenoxy) is 2. The molecule has 1 aromatic rings. The molecule has 0 aliphatic carbocycles. The molecule has 0 saturated carbocycles. The van der Waals surface area contributed by atoms with Gasteiger partial charge in [0.15, 0.2) is 0 Å². The van der Waals surface area contributed by atoms with Crippen molar-refractivity contribution < 1.29 is 14.3 Å². The monoisotopic (exact) mass is 259 g/mol.